The molecule has 0 radical (unpaired) electrons. The Kier molecular flexibility index (Phi) is 3.08. The van der Waals surface area contributed by atoms with Crippen LogP contribution in [-0.2, 0) is 4.79 Å². The van der Waals surface area contributed by atoms with Gasteiger partial charge in [0, 0.05) is 5.02 Å². The van der Waals surface area contributed by atoms with Crippen molar-refractivity contribution in [2.45, 2.75) is 32.1 Å². The summed E-state index contributed by atoms with van der Waals surface area (Å²) < 4.78 is 0. The highest BCUT2D eigenvalue weighted by Gasteiger charge is 2.36. The Labute approximate surface area is 111 Å². The monoisotopic (exact) mass is 262 g/mol. The maximum atomic E-state index is 12.4. The average molecular weight is 263 g/mol. The SMILES string of the molecule is O=C1[C@@H]2CCCCCC2=NN1c1cccc(Cl)c1. The maximum absolute atomic E-state index is 12.4. The van der Waals surface area contributed by atoms with Gasteiger partial charge in [0.05, 0.1) is 17.3 Å². The Balaban J connectivity index is 1.93. The summed E-state index contributed by atoms with van der Waals surface area (Å²) in [6, 6.07) is 7.31. The highest BCUT2D eigenvalue weighted by Crippen LogP contribution is 2.32. The molecule has 0 aromatic heterocycles. The number of carbonyl (C=O) groups excluding carboxylic acids is 1. The predicted molar refractivity (Wildman–Crippen MR) is 72.9 cm³/mol. The van der Waals surface area contributed by atoms with Crippen molar-refractivity contribution in [3.63, 3.8) is 0 Å². The van der Waals surface area contributed by atoms with E-state index in [0.717, 1.165) is 37.1 Å². The smallest absolute Gasteiger partial charge is 0.256 e. The lowest BCUT2D eigenvalue weighted by atomic mass is 9.98. The molecule has 1 amide bonds. The standard InChI is InChI=1S/C14H15ClN2O/c15-10-5-4-6-11(9-10)17-14(18)12-7-2-1-3-8-13(12)16-17/h4-6,9,12H,1-3,7-8H2/t12-/m1/s1. The summed E-state index contributed by atoms with van der Waals surface area (Å²) >= 11 is 5.96. The van der Waals surface area contributed by atoms with Crippen LogP contribution in [0.2, 0.25) is 5.02 Å². The van der Waals surface area contributed by atoms with Crippen LogP contribution in [0.3, 0.4) is 0 Å². The number of hydrogen-bond acceptors (Lipinski definition) is 2. The topological polar surface area (TPSA) is 32.7 Å². The molecule has 1 aliphatic heterocycles. The molecule has 1 saturated carbocycles. The molecule has 1 heterocycles. The predicted octanol–water partition coefficient (Wildman–Crippen LogP) is 3.62. The fourth-order valence-electron chi connectivity index (χ4n) is 2.68. The fourth-order valence-corrected chi connectivity index (χ4v) is 2.86. The highest BCUT2D eigenvalue weighted by atomic mass is 35.5. The zero-order chi connectivity index (χ0) is 12.5. The molecule has 0 bridgehead atoms. The summed E-state index contributed by atoms with van der Waals surface area (Å²) in [6.45, 7) is 0. The normalized spacial score (nSPS) is 23.6. The van der Waals surface area contributed by atoms with Crippen molar-refractivity contribution in [1.82, 2.24) is 0 Å². The molecule has 1 aromatic rings. The lowest BCUT2D eigenvalue weighted by Gasteiger charge is -2.14. The number of rotatable bonds is 1. The van der Waals surface area contributed by atoms with E-state index in [1.54, 1.807) is 12.1 Å². The van der Waals surface area contributed by atoms with Crippen LogP contribution >= 0.6 is 11.6 Å². The van der Waals surface area contributed by atoms with Crippen LogP contribution in [0.1, 0.15) is 32.1 Å². The quantitative estimate of drug-likeness (QED) is 0.761. The summed E-state index contributed by atoms with van der Waals surface area (Å²) in [5, 5.41) is 6.66. The molecule has 1 aromatic carbocycles. The number of fused-ring (bicyclic) bond motifs is 1. The van der Waals surface area contributed by atoms with Gasteiger partial charge >= 0.3 is 0 Å². The highest BCUT2D eigenvalue weighted by molar-refractivity contribution is 6.31. The lowest BCUT2D eigenvalue weighted by molar-refractivity contribution is -0.119. The van der Waals surface area contributed by atoms with E-state index in [1.807, 2.05) is 12.1 Å². The Morgan fingerprint density at radius 2 is 2.17 bits per heavy atom. The van der Waals surface area contributed by atoms with Crippen LogP contribution in [-0.4, -0.2) is 11.6 Å². The molecule has 0 unspecified atom stereocenters. The largest absolute Gasteiger partial charge is 0.272 e. The van der Waals surface area contributed by atoms with Gasteiger partial charge in [0.25, 0.3) is 5.91 Å². The number of amides is 1. The van der Waals surface area contributed by atoms with Gasteiger partial charge < -0.3 is 0 Å². The second-order valence-electron chi connectivity index (χ2n) is 4.87. The van der Waals surface area contributed by atoms with Crippen molar-refractivity contribution < 1.29 is 4.79 Å². The third-order valence-corrected chi connectivity index (χ3v) is 3.85. The molecule has 0 saturated heterocycles. The van der Waals surface area contributed by atoms with Gasteiger partial charge in [-0.1, -0.05) is 30.5 Å². The molecular formula is C14H15ClN2O. The number of halogens is 1. The van der Waals surface area contributed by atoms with Gasteiger partial charge in [-0.25, -0.2) is 5.01 Å². The number of benzene rings is 1. The van der Waals surface area contributed by atoms with E-state index in [-0.39, 0.29) is 11.8 Å². The van der Waals surface area contributed by atoms with Gasteiger partial charge in [-0.2, -0.15) is 5.10 Å². The van der Waals surface area contributed by atoms with Crippen molar-refractivity contribution in [2.75, 3.05) is 5.01 Å². The molecule has 18 heavy (non-hydrogen) atoms. The van der Waals surface area contributed by atoms with Gasteiger partial charge in [0.2, 0.25) is 0 Å². The van der Waals surface area contributed by atoms with Crippen molar-refractivity contribution >= 4 is 28.9 Å². The average Bonchev–Trinajstić information content (AvgIpc) is 2.55. The molecule has 1 atom stereocenters. The van der Waals surface area contributed by atoms with Crippen LogP contribution in [0, 0.1) is 5.92 Å². The third kappa shape index (κ3) is 2.03. The summed E-state index contributed by atoms with van der Waals surface area (Å²) in [6.07, 6.45) is 5.37. The number of anilines is 1. The van der Waals surface area contributed by atoms with E-state index in [2.05, 4.69) is 5.10 Å². The van der Waals surface area contributed by atoms with E-state index in [0.29, 0.717) is 5.02 Å². The minimum absolute atomic E-state index is 0.00600. The summed E-state index contributed by atoms with van der Waals surface area (Å²) in [4.78, 5) is 12.4. The molecule has 3 nitrogen and oxygen atoms in total. The zero-order valence-electron chi connectivity index (χ0n) is 10.1. The second-order valence-corrected chi connectivity index (χ2v) is 5.31. The first-order valence-electron chi connectivity index (χ1n) is 6.42. The molecule has 94 valence electrons. The van der Waals surface area contributed by atoms with Crippen molar-refractivity contribution in [3.8, 4) is 0 Å². The van der Waals surface area contributed by atoms with Crippen LogP contribution in [0.4, 0.5) is 5.69 Å². The molecular weight excluding hydrogens is 248 g/mol. The number of hydrazone groups is 1. The number of carbonyl (C=O) groups is 1. The minimum Gasteiger partial charge on any atom is -0.272 e. The molecule has 2 aliphatic rings. The van der Waals surface area contributed by atoms with E-state index in [4.69, 9.17) is 11.6 Å². The second kappa shape index (κ2) is 4.73. The molecule has 4 heteroatoms. The van der Waals surface area contributed by atoms with Crippen LogP contribution in [0.25, 0.3) is 0 Å². The maximum Gasteiger partial charge on any atom is 0.256 e. The first-order chi connectivity index (χ1) is 8.75. The van der Waals surface area contributed by atoms with Gasteiger partial charge in [-0.15, -0.1) is 0 Å². The Hall–Kier alpha value is -1.35. The molecule has 3 rings (SSSR count). The Morgan fingerprint density at radius 3 is 3.00 bits per heavy atom. The molecule has 1 fully saturated rings. The molecule has 0 spiro atoms. The van der Waals surface area contributed by atoms with Crippen molar-refractivity contribution in [1.29, 1.82) is 0 Å². The van der Waals surface area contributed by atoms with E-state index >= 15 is 0 Å². The van der Waals surface area contributed by atoms with Gasteiger partial charge in [0.15, 0.2) is 0 Å². The molecule has 0 N–H and O–H groups in total. The fraction of sp³-hybridized carbons (Fsp3) is 0.429. The number of hydrogen-bond donors (Lipinski definition) is 0. The van der Waals surface area contributed by atoms with E-state index < -0.39 is 0 Å². The van der Waals surface area contributed by atoms with Gasteiger partial charge in [-0.3, -0.25) is 4.79 Å². The minimum atomic E-state index is 0.00600. The summed E-state index contributed by atoms with van der Waals surface area (Å²) in [5.74, 6) is 0.112. The Bertz CT molecular complexity index is 512. The van der Waals surface area contributed by atoms with Gasteiger partial charge in [0.1, 0.15) is 0 Å². The Morgan fingerprint density at radius 1 is 1.28 bits per heavy atom. The third-order valence-electron chi connectivity index (χ3n) is 3.62. The first-order valence-corrected chi connectivity index (χ1v) is 6.80. The van der Waals surface area contributed by atoms with Crippen molar-refractivity contribution in [3.05, 3.63) is 29.3 Å². The molecule has 1 aliphatic carbocycles. The van der Waals surface area contributed by atoms with E-state index in [9.17, 15) is 4.79 Å². The first kappa shape index (κ1) is 11.7. The number of nitrogens with zero attached hydrogens (tertiary/aromatic N) is 2. The lowest BCUT2D eigenvalue weighted by Crippen LogP contribution is -2.26. The summed E-state index contributed by atoms with van der Waals surface area (Å²) in [7, 11) is 0. The van der Waals surface area contributed by atoms with Crippen LogP contribution < -0.4 is 5.01 Å². The summed E-state index contributed by atoms with van der Waals surface area (Å²) in [5.41, 5.74) is 1.82. The van der Waals surface area contributed by atoms with Crippen LogP contribution in [0.15, 0.2) is 29.4 Å². The van der Waals surface area contributed by atoms with Gasteiger partial charge in [-0.05, 0) is 37.5 Å². The van der Waals surface area contributed by atoms with Crippen LogP contribution in [0.5, 0.6) is 0 Å². The zero-order valence-corrected chi connectivity index (χ0v) is 10.9. The van der Waals surface area contributed by atoms with Crippen molar-refractivity contribution in [2.24, 2.45) is 11.0 Å². The van der Waals surface area contributed by atoms with E-state index in [1.165, 1.54) is 11.4 Å².